The fourth-order valence-corrected chi connectivity index (χ4v) is 3.06. The maximum atomic E-state index is 10.3. The highest BCUT2D eigenvalue weighted by Gasteiger charge is 2.24. The number of ether oxygens (including phenoxy) is 2. The number of aliphatic hydroxyl groups is 1. The molecule has 1 fully saturated rings. The SMILES string of the molecule is CC1CN(CC(O)COc2ccccc2C(C)C)CC(C)O1.[Cl-]. The maximum absolute atomic E-state index is 10.3. The molecule has 3 atom stereocenters. The molecule has 1 heterocycles. The van der Waals surface area contributed by atoms with Gasteiger partial charge in [-0.05, 0) is 31.4 Å². The van der Waals surface area contributed by atoms with Crippen molar-refractivity contribution in [2.45, 2.75) is 51.9 Å². The summed E-state index contributed by atoms with van der Waals surface area (Å²) in [5, 5.41) is 10.3. The number of hydrogen-bond acceptors (Lipinski definition) is 4. The normalized spacial score (nSPS) is 23.4. The number of para-hydroxylation sites is 1. The first kappa shape index (κ1) is 20.2. The first-order valence-electron chi connectivity index (χ1n) is 8.23. The van der Waals surface area contributed by atoms with Crippen LogP contribution in [0.3, 0.4) is 0 Å². The van der Waals surface area contributed by atoms with Crippen molar-refractivity contribution < 1.29 is 27.0 Å². The molecule has 3 unspecified atom stereocenters. The van der Waals surface area contributed by atoms with Crippen LogP contribution in [0.4, 0.5) is 0 Å². The Morgan fingerprint density at radius 3 is 2.43 bits per heavy atom. The number of benzene rings is 1. The highest BCUT2D eigenvalue weighted by molar-refractivity contribution is 5.35. The van der Waals surface area contributed by atoms with Gasteiger partial charge in [0.1, 0.15) is 18.5 Å². The van der Waals surface area contributed by atoms with Crippen molar-refractivity contribution in [3.63, 3.8) is 0 Å². The Bertz CT molecular complexity index is 459. The average Bonchev–Trinajstić information content (AvgIpc) is 2.44. The standard InChI is InChI=1S/C18H29NO3.ClH/c1-13(2)17-7-5-6-8-18(17)21-12-16(20)11-19-9-14(3)22-15(4)10-19;/h5-8,13-16,20H,9-12H2,1-4H3;1H/p-1. The van der Waals surface area contributed by atoms with Gasteiger partial charge in [0, 0.05) is 19.6 Å². The van der Waals surface area contributed by atoms with Gasteiger partial charge in [-0.2, -0.15) is 0 Å². The van der Waals surface area contributed by atoms with Gasteiger partial charge in [0.05, 0.1) is 12.2 Å². The maximum Gasteiger partial charge on any atom is 0.122 e. The largest absolute Gasteiger partial charge is 1.00 e. The summed E-state index contributed by atoms with van der Waals surface area (Å²) in [6.07, 6.45) is -0.0465. The van der Waals surface area contributed by atoms with E-state index in [-0.39, 0.29) is 24.6 Å². The molecule has 4 nitrogen and oxygen atoms in total. The molecule has 0 aromatic heterocycles. The molecule has 0 radical (unpaired) electrons. The fourth-order valence-electron chi connectivity index (χ4n) is 3.06. The minimum atomic E-state index is -0.488. The van der Waals surface area contributed by atoms with E-state index in [1.807, 2.05) is 18.2 Å². The smallest absolute Gasteiger partial charge is 0.122 e. The van der Waals surface area contributed by atoms with E-state index in [1.165, 1.54) is 5.56 Å². The van der Waals surface area contributed by atoms with Crippen LogP contribution in [0.25, 0.3) is 0 Å². The van der Waals surface area contributed by atoms with Gasteiger partial charge in [-0.15, -0.1) is 0 Å². The van der Waals surface area contributed by atoms with Crippen LogP contribution in [0.5, 0.6) is 5.75 Å². The van der Waals surface area contributed by atoms with Gasteiger partial charge in [0.15, 0.2) is 0 Å². The molecule has 23 heavy (non-hydrogen) atoms. The number of hydrogen-bond donors (Lipinski definition) is 1. The van der Waals surface area contributed by atoms with Gasteiger partial charge in [-0.3, -0.25) is 4.90 Å². The molecular formula is C18H29ClNO3-. The van der Waals surface area contributed by atoms with E-state index in [9.17, 15) is 5.11 Å². The first-order chi connectivity index (χ1) is 10.5. The van der Waals surface area contributed by atoms with Crippen molar-refractivity contribution in [3.05, 3.63) is 29.8 Å². The monoisotopic (exact) mass is 342 g/mol. The predicted octanol–water partition coefficient (Wildman–Crippen LogP) is -0.337. The van der Waals surface area contributed by atoms with Gasteiger partial charge in [-0.1, -0.05) is 32.0 Å². The molecule has 5 heteroatoms. The van der Waals surface area contributed by atoms with Gasteiger partial charge in [-0.25, -0.2) is 0 Å². The molecule has 0 saturated carbocycles. The molecular weight excluding hydrogens is 314 g/mol. The van der Waals surface area contributed by atoms with Gasteiger partial charge in [0.2, 0.25) is 0 Å². The molecule has 1 aliphatic heterocycles. The lowest BCUT2D eigenvalue weighted by Crippen LogP contribution is -3.00. The van der Waals surface area contributed by atoms with Crippen molar-refractivity contribution in [1.29, 1.82) is 0 Å². The van der Waals surface area contributed by atoms with E-state index >= 15 is 0 Å². The van der Waals surface area contributed by atoms with Crippen LogP contribution in [0.2, 0.25) is 0 Å². The second-order valence-electron chi connectivity index (χ2n) is 6.63. The summed E-state index contributed by atoms with van der Waals surface area (Å²) < 4.78 is 11.6. The van der Waals surface area contributed by atoms with E-state index in [1.54, 1.807) is 0 Å². The quantitative estimate of drug-likeness (QED) is 0.768. The van der Waals surface area contributed by atoms with Gasteiger partial charge < -0.3 is 27.0 Å². The Hall–Kier alpha value is -0.810. The second kappa shape index (κ2) is 9.48. The third kappa shape index (κ3) is 6.30. The summed E-state index contributed by atoms with van der Waals surface area (Å²) in [5.74, 6) is 1.29. The number of rotatable bonds is 6. The molecule has 1 aromatic rings. The van der Waals surface area contributed by atoms with Crippen molar-refractivity contribution in [3.8, 4) is 5.75 Å². The highest BCUT2D eigenvalue weighted by Crippen LogP contribution is 2.25. The minimum absolute atomic E-state index is 0. The zero-order valence-electron chi connectivity index (χ0n) is 14.5. The molecule has 0 amide bonds. The van der Waals surface area contributed by atoms with Crippen molar-refractivity contribution in [2.24, 2.45) is 0 Å². The Balaban J connectivity index is 0.00000264. The van der Waals surface area contributed by atoms with Crippen LogP contribution < -0.4 is 17.1 Å². The van der Waals surface area contributed by atoms with E-state index in [2.05, 4.69) is 38.7 Å². The Kier molecular flexibility index (Phi) is 8.34. The van der Waals surface area contributed by atoms with Crippen LogP contribution in [-0.4, -0.2) is 54.6 Å². The zero-order valence-corrected chi connectivity index (χ0v) is 15.3. The number of β-amino-alcohol motifs (C(OH)–C–C–N with tert-alkyl or cyclic N) is 1. The van der Waals surface area contributed by atoms with E-state index in [0.717, 1.165) is 18.8 Å². The highest BCUT2D eigenvalue weighted by atomic mass is 35.5. The summed E-state index contributed by atoms with van der Waals surface area (Å²) in [6.45, 7) is 11.1. The Morgan fingerprint density at radius 2 is 1.83 bits per heavy atom. The van der Waals surface area contributed by atoms with Crippen LogP contribution in [0.15, 0.2) is 24.3 Å². The predicted molar refractivity (Wildman–Crippen MR) is 88.5 cm³/mol. The van der Waals surface area contributed by atoms with Crippen LogP contribution >= 0.6 is 0 Å². The Labute approximate surface area is 146 Å². The third-order valence-electron chi connectivity index (χ3n) is 3.94. The van der Waals surface area contributed by atoms with Crippen molar-refractivity contribution in [2.75, 3.05) is 26.2 Å². The van der Waals surface area contributed by atoms with Gasteiger partial charge in [0.25, 0.3) is 0 Å². The summed E-state index contributed by atoms with van der Waals surface area (Å²) in [5.41, 5.74) is 1.18. The second-order valence-corrected chi connectivity index (χ2v) is 6.63. The summed E-state index contributed by atoms with van der Waals surface area (Å²) >= 11 is 0. The van der Waals surface area contributed by atoms with Crippen molar-refractivity contribution >= 4 is 0 Å². The number of halogens is 1. The molecule has 0 bridgehead atoms. The molecule has 132 valence electrons. The molecule has 0 spiro atoms. The van der Waals surface area contributed by atoms with Crippen LogP contribution in [-0.2, 0) is 4.74 Å². The molecule has 1 aromatic carbocycles. The topological polar surface area (TPSA) is 41.9 Å². The summed E-state index contributed by atoms with van der Waals surface area (Å²) in [7, 11) is 0. The van der Waals surface area contributed by atoms with E-state index in [0.29, 0.717) is 19.1 Å². The molecule has 1 saturated heterocycles. The lowest BCUT2D eigenvalue weighted by Gasteiger charge is -2.36. The van der Waals surface area contributed by atoms with E-state index < -0.39 is 6.10 Å². The lowest BCUT2D eigenvalue weighted by molar-refractivity contribution is -0.0787. The fraction of sp³-hybridized carbons (Fsp3) is 0.667. The zero-order chi connectivity index (χ0) is 16.1. The van der Waals surface area contributed by atoms with Gasteiger partial charge >= 0.3 is 0 Å². The number of aliphatic hydroxyl groups excluding tert-OH is 1. The first-order valence-corrected chi connectivity index (χ1v) is 8.23. The minimum Gasteiger partial charge on any atom is -1.00 e. The summed E-state index contributed by atoms with van der Waals surface area (Å²) in [6, 6.07) is 8.05. The number of morpholine rings is 1. The molecule has 2 rings (SSSR count). The molecule has 1 aliphatic rings. The van der Waals surface area contributed by atoms with Crippen LogP contribution in [0, 0.1) is 0 Å². The number of nitrogens with zero attached hydrogens (tertiary/aromatic N) is 1. The van der Waals surface area contributed by atoms with E-state index in [4.69, 9.17) is 9.47 Å². The van der Waals surface area contributed by atoms with Crippen molar-refractivity contribution in [1.82, 2.24) is 4.90 Å². The molecule has 0 aliphatic carbocycles. The third-order valence-corrected chi connectivity index (χ3v) is 3.94. The van der Waals surface area contributed by atoms with Crippen LogP contribution in [0.1, 0.15) is 39.2 Å². The Morgan fingerprint density at radius 1 is 1.22 bits per heavy atom. The average molecular weight is 343 g/mol. The summed E-state index contributed by atoms with van der Waals surface area (Å²) in [4.78, 5) is 2.25. The molecule has 1 N–H and O–H groups in total. The lowest BCUT2D eigenvalue weighted by atomic mass is 10.0.